The van der Waals surface area contributed by atoms with Crippen molar-refractivity contribution in [3.8, 4) is 0 Å². The van der Waals surface area contributed by atoms with Crippen molar-refractivity contribution in [2.75, 3.05) is 7.05 Å². The molecule has 0 radical (unpaired) electrons. The molecule has 4 nitrogen and oxygen atoms in total. The van der Waals surface area contributed by atoms with Crippen molar-refractivity contribution in [3.63, 3.8) is 0 Å². The Morgan fingerprint density at radius 2 is 2.33 bits per heavy atom. The molecule has 0 atom stereocenters. The van der Waals surface area contributed by atoms with E-state index in [9.17, 15) is 0 Å². The number of nitrogens with zero attached hydrogens (tertiary/aromatic N) is 4. The fourth-order valence-electron chi connectivity index (χ4n) is 1.18. The van der Waals surface area contributed by atoms with Gasteiger partial charge in [0.25, 0.3) is 3.70 Å². The summed E-state index contributed by atoms with van der Waals surface area (Å²) < 4.78 is 6.92. The minimum absolute atomic E-state index is 1.08. The lowest BCUT2D eigenvalue weighted by atomic mass is 10.4. The first kappa shape index (κ1) is 11.0. The lowest BCUT2D eigenvalue weighted by molar-refractivity contribution is -0.532. The second-order valence-corrected chi connectivity index (χ2v) is 4.91. The third-order valence-corrected chi connectivity index (χ3v) is 3.91. The monoisotopic (exact) mass is 426 g/mol. The van der Waals surface area contributed by atoms with E-state index >= 15 is 0 Å². The van der Waals surface area contributed by atoms with Crippen molar-refractivity contribution in [1.82, 2.24) is 9.67 Å². The second-order valence-electron chi connectivity index (χ2n) is 2.90. The molecule has 0 fully saturated rings. The lowest BCUT2D eigenvalue weighted by Crippen LogP contribution is -2.30. The molecule has 0 spiro atoms. The largest absolute Gasteiger partial charge is 0.316 e. The molecule has 2 rings (SSSR count). The highest BCUT2D eigenvalue weighted by molar-refractivity contribution is 14.1. The number of hydrogen-bond acceptors (Lipinski definition) is 1. The summed E-state index contributed by atoms with van der Waals surface area (Å²) in [5, 5.41) is 0. The van der Waals surface area contributed by atoms with E-state index in [1.807, 2.05) is 37.4 Å². The van der Waals surface area contributed by atoms with E-state index in [2.05, 4.69) is 56.3 Å². The van der Waals surface area contributed by atoms with Gasteiger partial charge in [-0.05, 0) is 17.1 Å². The minimum Gasteiger partial charge on any atom is -0.146 e. The van der Waals surface area contributed by atoms with Crippen LogP contribution in [0.5, 0.6) is 0 Å². The molecule has 0 aliphatic carbocycles. The Hall–Kier alpha value is -0.470. The van der Waals surface area contributed by atoms with E-state index < -0.39 is 0 Å². The zero-order valence-corrected chi connectivity index (χ0v) is 12.2. The van der Waals surface area contributed by atoms with Gasteiger partial charge in [0.05, 0.1) is 0 Å². The molecule has 1 aliphatic heterocycles. The van der Waals surface area contributed by atoms with E-state index in [0.29, 0.717) is 0 Å². The van der Waals surface area contributed by atoms with E-state index in [1.54, 1.807) is 12.7 Å². The van der Waals surface area contributed by atoms with Crippen LogP contribution in [0.15, 0.2) is 34.6 Å². The Labute approximate surface area is 115 Å². The summed E-state index contributed by atoms with van der Waals surface area (Å²) >= 11 is 4.48. The molecule has 0 bridgehead atoms. The van der Waals surface area contributed by atoms with Gasteiger partial charge < -0.3 is 0 Å². The molecule has 6 heteroatoms. The van der Waals surface area contributed by atoms with Crippen LogP contribution in [-0.2, 0) is 0 Å². The Balaban J connectivity index is 2.60. The zero-order chi connectivity index (χ0) is 10.8. The fraction of sp³-hybridized carbons (Fsp3) is 0.111. The predicted molar refractivity (Wildman–Crippen MR) is 74.0 cm³/mol. The van der Waals surface area contributed by atoms with Crippen molar-refractivity contribution in [3.05, 3.63) is 34.6 Å². The van der Waals surface area contributed by atoms with Gasteiger partial charge in [-0.3, -0.25) is 0 Å². The van der Waals surface area contributed by atoms with Gasteiger partial charge in [-0.1, -0.05) is 2.90 Å². The fourth-order valence-corrected chi connectivity index (χ4v) is 2.23. The molecule has 1 aromatic rings. The normalized spacial score (nSPS) is 15.5. The van der Waals surface area contributed by atoms with Gasteiger partial charge in [0.1, 0.15) is 7.05 Å². The molecular weight excluding hydrogens is 418 g/mol. The summed E-state index contributed by atoms with van der Waals surface area (Å²) in [7, 11) is 1.97. The Morgan fingerprint density at radius 3 is 3.00 bits per heavy atom. The smallest absolute Gasteiger partial charge is 0.146 e. The third-order valence-electron chi connectivity index (χ3n) is 1.91. The highest BCUT2D eigenvalue weighted by Gasteiger charge is 2.18. The molecular formula is C9H8I2N4+2. The van der Waals surface area contributed by atoms with Crippen LogP contribution in [-0.4, -0.2) is 27.2 Å². The zero-order valence-electron chi connectivity index (χ0n) is 7.93. The van der Waals surface area contributed by atoms with Crippen LogP contribution in [0.4, 0.5) is 0 Å². The molecule has 0 saturated heterocycles. The first-order chi connectivity index (χ1) is 7.20. The quantitative estimate of drug-likeness (QED) is 0.379. The van der Waals surface area contributed by atoms with E-state index in [0.717, 1.165) is 9.40 Å². The van der Waals surface area contributed by atoms with Gasteiger partial charge in [0.2, 0.25) is 29.2 Å². The van der Waals surface area contributed by atoms with Gasteiger partial charge in [-0.15, -0.1) is 9.26 Å². The van der Waals surface area contributed by atoms with Gasteiger partial charge >= 0.3 is 6.33 Å². The number of hydrogen-bond donors (Lipinski definition) is 0. The molecule has 15 heavy (non-hydrogen) atoms. The summed E-state index contributed by atoms with van der Waals surface area (Å²) in [5.74, 6) is 3.12. The van der Waals surface area contributed by atoms with Crippen LogP contribution < -0.4 is 2.90 Å². The highest BCUT2D eigenvalue weighted by Crippen LogP contribution is 2.18. The van der Waals surface area contributed by atoms with Crippen LogP contribution in [0.3, 0.4) is 0 Å². The Kier molecular flexibility index (Phi) is 3.37. The number of aromatic nitrogens is 3. The SMILES string of the molecule is C[N+]1=C=CC=CC(n2cnc[n+]2I)=C1I. The van der Waals surface area contributed by atoms with Crippen molar-refractivity contribution < 1.29 is 7.47 Å². The van der Waals surface area contributed by atoms with Crippen molar-refractivity contribution in [2.45, 2.75) is 0 Å². The van der Waals surface area contributed by atoms with Crippen molar-refractivity contribution in [1.29, 1.82) is 0 Å². The van der Waals surface area contributed by atoms with Crippen molar-refractivity contribution >= 4 is 57.0 Å². The molecule has 2 heterocycles. The molecule has 0 aromatic carbocycles. The van der Waals surface area contributed by atoms with Gasteiger partial charge in [0.15, 0.2) is 11.6 Å². The average molecular weight is 426 g/mol. The van der Waals surface area contributed by atoms with Crippen LogP contribution in [0.25, 0.3) is 5.70 Å². The number of rotatable bonds is 1. The lowest BCUT2D eigenvalue weighted by Gasteiger charge is -1.99. The van der Waals surface area contributed by atoms with Gasteiger partial charge in [0, 0.05) is 28.7 Å². The Morgan fingerprint density at radius 1 is 1.53 bits per heavy atom. The van der Waals surface area contributed by atoms with Crippen molar-refractivity contribution in [2.24, 2.45) is 0 Å². The topological polar surface area (TPSA) is 24.7 Å². The summed E-state index contributed by atoms with van der Waals surface area (Å²) in [6.07, 6.45) is 9.43. The number of allylic oxidation sites excluding steroid dienone is 4. The predicted octanol–water partition coefficient (Wildman–Crippen LogP) is 1.37. The molecule has 0 saturated carbocycles. The molecule has 1 aromatic heterocycles. The molecule has 1 aliphatic rings. The highest BCUT2D eigenvalue weighted by atomic mass is 127. The second kappa shape index (κ2) is 4.58. The standard InChI is InChI=1S/C9H8I2N4/c1-13-5-3-2-4-8(9(13)10)14-6-12-7-15(14)11/h2-4,6-7H,1H3/q+2. The van der Waals surface area contributed by atoms with E-state index in [4.69, 9.17) is 0 Å². The average Bonchev–Trinajstić information content (AvgIpc) is 2.56. The minimum atomic E-state index is 1.08. The summed E-state index contributed by atoms with van der Waals surface area (Å²) in [6, 6.07) is 0. The molecule has 0 amide bonds. The van der Waals surface area contributed by atoms with Crippen LogP contribution in [0.1, 0.15) is 0 Å². The number of halogens is 2. The van der Waals surface area contributed by atoms with Crippen LogP contribution in [0.2, 0.25) is 0 Å². The van der Waals surface area contributed by atoms with Crippen LogP contribution >= 0.6 is 45.5 Å². The maximum Gasteiger partial charge on any atom is 0.316 e. The summed E-state index contributed by atoms with van der Waals surface area (Å²) in [5.41, 5.74) is 1.08. The molecule has 0 N–H and O–H groups in total. The van der Waals surface area contributed by atoms with Crippen LogP contribution in [0, 0.1) is 0 Å². The van der Waals surface area contributed by atoms with E-state index in [-0.39, 0.29) is 0 Å². The third kappa shape index (κ3) is 2.21. The Bertz CT molecular complexity index is 518. The molecule has 76 valence electrons. The van der Waals surface area contributed by atoms with Gasteiger partial charge in [-0.25, -0.2) is 0 Å². The maximum atomic E-state index is 4.08. The first-order valence-corrected chi connectivity index (χ1v) is 6.25. The summed E-state index contributed by atoms with van der Waals surface area (Å²) in [6.45, 7) is 0. The first-order valence-electron chi connectivity index (χ1n) is 4.20. The van der Waals surface area contributed by atoms with E-state index in [1.165, 1.54) is 0 Å². The van der Waals surface area contributed by atoms with Gasteiger partial charge in [-0.2, -0.15) is 0 Å². The summed E-state index contributed by atoms with van der Waals surface area (Å²) in [4.78, 5) is 4.08. The maximum absolute atomic E-state index is 4.08. The molecule has 0 unspecified atom stereocenters.